The zero-order chi connectivity index (χ0) is 28.2. The van der Waals surface area contributed by atoms with Crippen molar-refractivity contribution in [3.8, 4) is 11.5 Å². The van der Waals surface area contributed by atoms with E-state index >= 15 is 0 Å². The monoisotopic (exact) mass is 548 g/mol. The maximum Gasteiger partial charge on any atom is 0.229 e. The van der Waals surface area contributed by atoms with Crippen LogP contribution in [-0.2, 0) is 14.2 Å². The zero-order valence-electron chi connectivity index (χ0n) is 20.6. The summed E-state index contributed by atoms with van der Waals surface area (Å²) in [5, 5.41) is 71.6. The number of ketones is 2. The normalized spacial score (nSPS) is 34.4. The van der Waals surface area contributed by atoms with Crippen molar-refractivity contribution in [2.75, 3.05) is 13.2 Å². The fraction of sp³-hybridized carbons (Fsp3) is 0.462. The first-order chi connectivity index (χ1) is 18.5. The molecule has 0 bridgehead atoms. The third-order valence-corrected chi connectivity index (χ3v) is 7.19. The fourth-order valence-electron chi connectivity index (χ4n) is 4.83. The van der Waals surface area contributed by atoms with Crippen molar-refractivity contribution in [3.05, 3.63) is 58.1 Å². The van der Waals surface area contributed by atoms with E-state index in [-0.39, 0.29) is 40.2 Å². The Bertz CT molecular complexity index is 1280. The van der Waals surface area contributed by atoms with Crippen LogP contribution in [0.1, 0.15) is 37.4 Å². The summed E-state index contributed by atoms with van der Waals surface area (Å²) in [5.41, 5.74) is 0.0577. The minimum atomic E-state index is -1.78. The highest BCUT2D eigenvalue weighted by Crippen LogP contribution is 2.40. The number of aliphatic hydroxyl groups excluding tert-OH is 6. The number of carbonyl (C=O) groups excluding carboxylic acids is 2. The fourth-order valence-corrected chi connectivity index (χ4v) is 4.83. The van der Waals surface area contributed by atoms with Crippen LogP contribution in [0.5, 0.6) is 11.5 Å². The van der Waals surface area contributed by atoms with E-state index in [0.29, 0.717) is 0 Å². The van der Waals surface area contributed by atoms with Crippen molar-refractivity contribution < 1.29 is 64.3 Å². The molecule has 13 heteroatoms. The van der Waals surface area contributed by atoms with E-state index in [1.807, 2.05) is 0 Å². The summed E-state index contributed by atoms with van der Waals surface area (Å²) in [6.45, 7) is 0.607. The lowest BCUT2D eigenvalue weighted by molar-refractivity contribution is -0.307. The predicted octanol–water partition coefficient (Wildman–Crippen LogP) is -1.88. The van der Waals surface area contributed by atoms with E-state index in [1.54, 1.807) is 12.1 Å². The van der Waals surface area contributed by atoms with Gasteiger partial charge in [-0.25, -0.2) is 0 Å². The third kappa shape index (κ3) is 4.71. The summed E-state index contributed by atoms with van der Waals surface area (Å²) in [6, 6.07) is 7.41. The summed E-state index contributed by atoms with van der Waals surface area (Å²) in [4.78, 5) is 26.1. The SMILES string of the molecule is Cc1c(O[C@@H]2O[C@H](CO[C@@H]3OC[C@@H](O)[C@@H](O)[C@H]3O)[C@@H](O)[C@@H](O)[C@H]2O)cc2c(c1O)C(=O)c1ccccc1C2=O. The molecule has 39 heavy (non-hydrogen) atoms. The number of ether oxygens (including phenoxy) is 4. The Morgan fingerprint density at radius 3 is 2.18 bits per heavy atom. The van der Waals surface area contributed by atoms with E-state index in [1.165, 1.54) is 25.1 Å². The van der Waals surface area contributed by atoms with Crippen molar-refractivity contribution in [1.82, 2.24) is 0 Å². The topological polar surface area (TPSA) is 213 Å². The Kier molecular flexibility index (Phi) is 7.45. The Hall–Kier alpha value is -2.98. The van der Waals surface area contributed by atoms with Crippen LogP contribution in [0.2, 0.25) is 0 Å². The maximum absolute atomic E-state index is 13.1. The average molecular weight is 548 g/mol. The predicted molar refractivity (Wildman–Crippen MR) is 127 cm³/mol. The molecule has 3 aliphatic rings. The molecule has 0 aromatic heterocycles. The molecule has 9 atom stereocenters. The van der Waals surface area contributed by atoms with Gasteiger partial charge in [0.15, 0.2) is 17.9 Å². The summed E-state index contributed by atoms with van der Waals surface area (Å²) in [7, 11) is 0. The number of hydrogen-bond donors (Lipinski definition) is 7. The first-order valence-electron chi connectivity index (χ1n) is 12.2. The van der Waals surface area contributed by atoms with Gasteiger partial charge < -0.3 is 54.7 Å². The van der Waals surface area contributed by atoms with Crippen LogP contribution >= 0.6 is 0 Å². The van der Waals surface area contributed by atoms with Gasteiger partial charge in [0, 0.05) is 22.3 Å². The molecule has 2 aromatic rings. The third-order valence-electron chi connectivity index (χ3n) is 7.19. The average Bonchev–Trinajstić information content (AvgIpc) is 2.93. The molecule has 0 unspecified atom stereocenters. The van der Waals surface area contributed by atoms with Crippen molar-refractivity contribution in [1.29, 1.82) is 0 Å². The van der Waals surface area contributed by atoms with Gasteiger partial charge in [-0.15, -0.1) is 0 Å². The molecule has 1 aliphatic carbocycles. The van der Waals surface area contributed by atoms with Crippen LogP contribution in [0, 0.1) is 6.92 Å². The van der Waals surface area contributed by atoms with Gasteiger partial charge >= 0.3 is 0 Å². The van der Waals surface area contributed by atoms with Crippen LogP contribution in [0.4, 0.5) is 0 Å². The van der Waals surface area contributed by atoms with Gasteiger partial charge in [-0.05, 0) is 13.0 Å². The standard InChI is InChI=1S/C26H28O13/c1-9-14(6-12-16(17(9)28)19(30)11-5-3-2-4-10(11)18(12)29)38-26-24(35)22(33)21(32)15(39-26)8-37-25-23(34)20(31)13(27)7-36-25/h2-6,13,15,20-28,31-35H,7-8H2,1H3/t13-,15-,20-,21-,22-,23-,24-,25+,26-/m1/s1. The molecular weight excluding hydrogens is 520 g/mol. The van der Waals surface area contributed by atoms with Crippen LogP contribution < -0.4 is 4.74 Å². The Morgan fingerprint density at radius 2 is 1.49 bits per heavy atom. The molecule has 2 fully saturated rings. The van der Waals surface area contributed by atoms with Crippen molar-refractivity contribution in [2.45, 2.75) is 62.2 Å². The highest BCUT2D eigenvalue weighted by molar-refractivity contribution is 6.29. The van der Waals surface area contributed by atoms with Crippen LogP contribution in [0.3, 0.4) is 0 Å². The minimum absolute atomic E-state index is 0.0600. The van der Waals surface area contributed by atoms with Gasteiger partial charge in [0.2, 0.25) is 6.29 Å². The molecule has 2 aromatic carbocycles. The van der Waals surface area contributed by atoms with Gasteiger partial charge in [0.05, 0.1) is 18.8 Å². The molecule has 7 N–H and O–H groups in total. The van der Waals surface area contributed by atoms with E-state index < -0.39 is 79.2 Å². The first-order valence-corrected chi connectivity index (χ1v) is 12.2. The van der Waals surface area contributed by atoms with E-state index in [0.717, 1.165) is 0 Å². The summed E-state index contributed by atoms with van der Waals surface area (Å²) >= 11 is 0. The van der Waals surface area contributed by atoms with Crippen molar-refractivity contribution in [3.63, 3.8) is 0 Å². The largest absolute Gasteiger partial charge is 0.507 e. The first kappa shape index (κ1) is 27.6. The highest BCUT2D eigenvalue weighted by atomic mass is 16.7. The number of benzene rings is 2. The molecule has 2 aliphatic heterocycles. The van der Waals surface area contributed by atoms with Crippen molar-refractivity contribution >= 4 is 11.6 Å². The Morgan fingerprint density at radius 1 is 0.846 bits per heavy atom. The second-order valence-corrected chi connectivity index (χ2v) is 9.69. The lowest BCUT2D eigenvalue weighted by Crippen LogP contribution is -2.61. The van der Waals surface area contributed by atoms with E-state index in [4.69, 9.17) is 18.9 Å². The van der Waals surface area contributed by atoms with E-state index in [2.05, 4.69) is 0 Å². The number of aliphatic hydroxyl groups is 6. The molecule has 13 nitrogen and oxygen atoms in total. The molecule has 0 radical (unpaired) electrons. The van der Waals surface area contributed by atoms with Gasteiger partial charge in [-0.3, -0.25) is 9.59 Å². The molecule has 2 heterocycles. The summed E-state index contributed by atoms with van der Waals surface area (Å²) < 4.78 is 21.9. The lowest BCUT2D eigenvalue weighted by atomic mass is 9.82. The number of rotatable bonds is 5. The van der Waals surface area contributed by atoms with Gasteiger partial charge in [0.1, 0.15) is 54.2 Å². The van der Waals surface area contributed by atoms with Crippen LogP contribution in [0.25, 0.3) is 0 Å². The maximum atomic E-state index is 13.1. The zero-order valence-corrected chi connectivity index (χ0v) is 20.6. The number of hydrogen-bond acceptors (Lipinski definition) is 13. The number of phenols is 1. The van der Waals surface area contributed by atoms with Gasteiger partial charge in [-0.2, -0.15) is 0 Å². The molecule has 0 amide bonds. The Balaban J connectivity index is 1.37. The molecule has 0 saturated carbocycles. The van der Waals surface area contributed by atoms with Crippen LogP contribution in [0.15, 0.2) is 30.3 Å². The number of phenolic OH excluding ortho intramolecular Hbond substituents is 1. The number of fused-ring (bicyclic) bond motifs is 2. The molecule has 210 valence electrons. The number of carbonyl (C=O) groups is 2. The second kappa shape index (κ2) is 10.5. The Labute approximate surface area is 221 Å². The van der Waals surface area contributed by atoms with Crippen molar-refractivity contribution in [2.24, 2.45) is 0 Å². The summed E-state index contributed by atoms with van der Waals surface area (Å²) in [5.74, 6) is -1.68. The molecule has 5 rings (SSSR count). The lowest BCUT2D eigenvalue weighted by Gasteiger charge is -2.41. The second-order valence-electron chi connectivity index (χ2n) is 9.69. The van der Waals surface area contributed by atoms with E-state index in [9.17, 15) is 45.3 Å². The summed E-state index contributed by atoms with van der Waals surface area (Å²) in [6.07, 6.45) is -14.0. The van der Waals surface area contributed by atoms with Gasteiger partial charge in [0.25, 0.3) is 0 Å². The quantitative estimate of drug-likeness (QED) is 0.186. The molecule has 2 saturated heterocycles. The number of aromatic hydroxyl groups is 1. The highest BCUT2D eigenvalue weighted by Gasteiger charge is 2.47. The van der Waals surface area contributed by atoms with Crippen LogP contribution in [-0.4, -0.2) is 116 Å². The molecular formula is C26H28O13. The molecule has 0 spiro atoms. The smallest absolute Gasteiger partial charge is 0.229 e. The van der Waals surface area contributed by atoms with Gasteiger partial charge in [-0.1, -0.05) is 24.3 Å². The minimum Gasteiger partial charge on any atom is -0.507 e.